The topological polar surface area (TPSA) is 63.5 Å². The van der Waals surface area contributed by atoms with Crippen molar-refractivity contribution in [2.24, 2.45) is 0 Å². The van der Waals surface area contributed by atoms with Gasteiger partial charge < -0.3 is 14.5 Å². The Hall–Kier alpha value is -2.31. The molecule has 1 aliphatic heterocycles. The van der Waals surface area contributed by atoms with Crippen LogP contribution in [0, 0.1) is 0 Å². The van der Waals surface area contributed by atoms with E-state index in [1.54, 1.807) is 6.26 Å². The number of ether oxygens (including phenoxy) is 1. The Morgan fingerprint density at radius 3 is 3.18 bits per heavy atom. The molecule has 2 N–H and O–H groups in total. The van der Waals surface area contributed by atoms with Crippen molar-refractivity contribution in [2.75, 3.05) is 12.0 Å². The first-order valence-corrected chi connectivity index (χ1v) is 7.82. The molecule has 0 aliphatic carbocycles. The number of hydrogen-bond donors (Lipinski definition) is 2. The van der Waals surface area contributed by atoms with E-state index in [2.05, 4.69) is 10.6 Å². The van der Waals surface area contributed by atoms with Crippen molar-refractivity contribution in [1.82, 2.24) is 5.32 Å². The normalized spacial score (nSPS) is 13.6. The number of furan rings is 1. The molecule has 1 aliphatic rings. The van der Waals surface area contributed by atoms with E-state index in [1.807, 2.05) is 30.3 Å². The summed E-state index contributed by atoms with van der Waals surface area (Å²) in [7, 11) is 0. The van der Waals surface area contributed by atoms with E-state index in [0.29, 0.717) is 4.88 Å². The van der Waals surface area contributed by atoms with Gasteiger partial charge in [-0.25, -0.2) is 4.79 Å². The van der Waals surface area contributed by atoms with Gasteiger partial charge in [0.1, 0.15) is 17.1 Å². The number of anilines is 1. The van der Waals surface area contributed by atoms with Gasteiger partial charge in [-0.3, -0.25) is 5.32 Å². The molecule has 5 nitrogen and oxygen atoms in total. The van der Waals surface area contributed by atoms with Crippen LogP contribution in [0.2, 0.25) is 0 Å². The Morgan fingerprint density at radius 1 is 1.32 bits per heavy atom. The summed E-state index contributed by atoms with van der Waals surface area (Å²) in [6.07, 6.45) is 1.65. The lowest BCUT2D eigenvalue weighted by Crippen LogP contribution is -2.26. The van der Waals surface area contributed by atoms with Crippen LogP contribution in [-0.4, -0.2) is 12.6 Å². The molecule has 0 spiro atoms. The molecule has 0 unspecified atom stereocenters. The van der Waals surface area contributed by atoms with E-state index in [-0.39, 0.29) is 12.6 Å². The van der Waals surface area contributed by atoms with Gasteiger partial charge >= 0.3 is 5.97 Å². The summed E-state index contributed by atoms with van der Waals surface area (Å²) in [4.78, 5) is 12.8. The summed E-state index contributed by atoms with van der Waals surface area (Å²) in [6, 6.07) is 9.55. The van der Waals surface area contributed by atoms with E-state index in [1.165, 1.54) is 11.3 Å². The highest BCUT2D eigenvalue weighted by atomic mass is 32.1. The molecule has 22 heavy (non-hydrogen) atoms. The van der Waals surface area contributed by atoms with Crippen molar-refractivity contribution in [2.45, 2.75) is 13.2 Å². The van der Waals surface area contributed by atoms with Gasteiger partial charge in [-0.2, -0.15) is 0 Å². The maximum Gasteiger partial charge on any atom is 0.348 e. The Kier molecular flexibility index (Phi) is 3.32. The van der Waals surface area contributed by atoms with Gasteiger partial charge in [0.15, 0.2) is 0 Å². The second-order valence-electron chi connectivity index (χ2n) is 5.11. The summed E-state index contributed by atoms with van der Waals surface area (Å²) in [5, 5.41) is 8.47. The van der Waals surface area contributed by atoms with Gasteiger partial charge in [-0.1, -0.05) is 6.07 Å². The monoisotopic (exact) mass is 314 g/mol. The number of benzene rings is 1. The van der Waals surface area contributed by atoms with Crippen LogP contribution in [0.25, 0.3) is 11.0 Å². The molecule has 112 valence electrons. The average Bonchev–Trinajstić information content (AvgIpc) is 3.18. The third-order valence-electron chi connectivity index (χ3n) is 3.59. The van der Waals surface area contributed by atoms with E-state index in [0.717, 1.165) is 40.3 Å². The largest absolute Gasteiger partial charge is 0.464 e. The maximum atomic E-state index is 12.2. The van der Waals surface area contributed by atoms with E-state index in [9.17, 15) is 4.79 Å². The van der Waals surface area contributed by atoms with E-state index < -0.39 is 0 Å². The zero-order valence-electron chi connectivity index (χ0n) is 11.7. The third-order valence-corrected chi connectivity index (χ3v) is 4.70. The van der Waals surface area contributed by atoms with Crippen molar-refractivity contribution < 1.29 is 13.9 Å². The predicted molar refractivity (Wildman–Crippen MR) is 85.0 cm³/mol. The van der Waals surface area contributed by atoms with Crippen molar-refractivity contribution in [3.63, 3.8) is 0 Å². The van der Waals surface area contributed by atoms with Gasteiger partial charge in [0.05, 0.1) is 17.9 Å². The highest BCUT2D eigenvalue weighted by molar-refractivity contribution is 7.18. The Morgan fingerprint density at radius 2 is 2.27 bits per heavy atom. The van der Waals surface area contributed by atoms with Crippen LogP contribution in [0.3, 0.4) is 0 Å². The first-order chi connectivity index (χ1) is 10.8. The standard InChI is InChI=1S/C16H14N2O3S/c19-16(14-6-12-7-17-9-18-15(12)22-14)21-8-10-1-2-13-11(5-10)3-4-20-13/h1-6,17-18H,7-9H2. The Balaban J connectivity index is 1.46. The molecule has 1 aromatic carbocycles. The van der Waals surface area contributed by atoms with Crippen molar-refractivity contribution in [3.8, 4) is 0 Å². The molecular weight excluding hydrogens is 300 g/mol. The zero-order chi connectivity index (χ0) is 14.9. The van der Waals surface area contributed by atoms with Gasteiger partial charge in [0.25, 0.3) is 0 Å². The summed E-state index contributed by atoms with van der Waals surface area (Å²) in [5.41, 5.74) is 2.89. The number of carbonyl (C=O) groups excluding carboxylic acids is 1. The highest BCUT2D eigenvalue weighted by Crippen LogP contribution is 2.30. The Bertz CT molecular complexity index is 813. The number of fused-ring (bicyclic) bond motifs is 2. The molecule has 0 radical (unpaired) electrons. The van der Waals surface area contributed by atoms with Crippen molar-refractivity contribution in [1.29, 1.82) is 0 Å². The smallest absolute Gasteiger partial charge is 0.348 e. The molecule has 4 rings (SSSR count). The lowest BCUT2D eigenvalue weighted by Gasteiger charge is -2.13. The summed E-state index contributed by atoms with van der Waals surface area (Å²) in [6.45, 7) is 1.77. The summed E-state index contributed by atoms with van der Waals surface area (Å²) < 4.78 is 10.7. The van der Waals surface area contributed by atoms with Gasteiger partial charge in [-0.15, -0.1) is 11.3 Å². The number of hydrogen-bond acceptors (Lipinski definition) is 6. The van der Waals surface area contributed by atoms with Crippen molar-refractivity contribution >= 4 is 33.3 Å². The minimum absolute atomic E-state index is 0.258. The Labute approximate surface area is 130 Å². The molecule has 3 heterocycles. The van der Waals surface area contributed by atoms with Gasteiger partial charge in [0.2, 0.25) is 0 Å². The second kappa shape index (κ2) is 5.47. The minimum atomic E-state index is -0.284. The quantitative estimate of drug-likeness (QED) is 0.726. The van der Waals surface area contributed by atoms with Crippen LogP contribution in [0.15, 0.2) is 41.0 Å². The van der Waals surface area contributed by atoms with Crippen LogP contribution in [0.4, 0.5) is 5.00 Å². The number of carbonyl (C=O) groups is 1. The SMILES string of the molecule is O=C(OCc1ccc2occc2c1)c1cc2c(s1)NCNC2. The first-order valence-electron chi connectivity index (χ1n) is 7.00. The fourth-order valence-electron chi connectivity index (χ4n) is 2.48. The molecule has 0 saturated heterocycles. The lowest BCUT2D eigenvalue weighted by molar-refractivity contribution is 0.0478. The molecule has 6 heteroatoms. The summed E-state index contributed by atoms with van der Waals surface area (Å²) >= 11 is 1.44. The highest BCUT2D eigenvalue weighted by Gasteiger charge is 2.17. The van der Waals surface area contributed by atoms with Crippen LogP contribution >= 0.6 is 11.3 Å². The summed E-state index contributed by atoms with van der Waals surface area (Å²) in [5.74, 6) is -0.284. The number of nitrogens with one attached hydrogen (secondary N) is 2. The van der Waals surface area contributed by atoms with E-state index in [4.69, 9.17) is 9.15 Å². The average molecular weight is 314 g/mol. The van der Waals surface area contributed by atoms with Crippen molar-refractivity contribution in [3.05, 3.63) is 52.6 Å². The predicted octanol–water partition coefficient (Wildman–Crippen LogP) is 3.32. The third kappa shape index (κ3) is 2.47. The molecule has 0 saturated carbocycles. The minimum Gasteiger partial charge on any atom is -0.464 e. The molecular formula is C16H14N2O3S. The fourth-order valence-corrected chi connectivity index (χ4v) is 3.45. The van der Waals surface area contributed by atoms with Gasteiger partial charge in [-0.05, 0) is 29.8 Å². The van der Waals surface area contributed by atoms with Crippen LogP contribution in [-0.2, 0) is 17.9 Å². The first kappa shape index (κ1) is 13.4. The molecule has 0 amide bonds. The lowest BCUT2D eigenvalue weighted by atomic mass is 10.2. The molecule has 3 aromatic rings. The van der Waals surface area contributed by atoms with Crippen LogP contribution in [0.1, 0.15) is 20.8 Å². The number of thiophene rings is 1. The van der Waals surface area contributed by atoms with E-state index >= 15 is 0 Å². The molecule has 0 fully saturated rings. The van der Waals surface area contributed by atoms with Crippen LogP contribution in [0.5, 0.6) is 0 Å². The molecule has 0 atom stereocenters. The second-order valence-corrected chi connectivity index (χ2v) is 6.17. The zero-order valence-corrected chi connectivity index (χ0v) is 12.5. The fraction of sp³-hybridized carbons (Fsp3) is 0.188. The van der Waals surface area contributed by atoms with Crippen LogP contribution < -0.4 is 10.6 Å². The molecule has 0 bridgehead atoms. The maximum absolute atomic E-state index is 12.2. The number of esters is 1. The number of rotatable bonds is 3. The van der Waals surface area contributed by atoms with Gasteiger partial charge in [0, 0.05) is 17.5 Å². The molecule has 2 aromatic heterocycles.